The number of carbonyl (C=O) groups is 1. The van der Waals surface area contributed by atoms with Crippen molar-refractivity contribution < 1.29 is 14.3 Å². The second kappa shape index (κ2) is 6.88. The van der Waals surface area contributed by atoms with Crippen LogP contribution in [0.5, 0.6) is 0 Å². The van der Waals surface area contributed by atoms with E-state index >= 15 is 0 Å². The van der Waals surface area contributed by atoms with E-state index in [-0.39, 0.29) is 23.7 Å². The highest BCUT2D eigenvalue weighted by atomic mass is 35.5. The zero-order chi connectivity index (χ0) is 15.4. The molecular weight excluding hydrogens is 300 g/mol. The molecule has 21 heavy (non-hydrogen) atoms. The SMILES string of the molecule is COC(=O)Cn1ncc(NC2CNC[C@@H]2OC)c(Cl)c1=O. The fourth-order valence-electron chi connectivity index (χ4n) is 2.11. The fourth-order valence-corrected chi connectivity index (χ4v) is 2.31. The Kier molecular flexibility index (Phi) is 5.16. The van der Waals surface area contributed by atoms with Gasteiger partial charge in [-0.05, 0) is 0 Å². The Morgan fingerprint density at radius 3 is 3.00 bits per heavy atom. The molecule has 0 bridgehead atoms. The number of nitrogens with one attached hydrogen (secondary N) is 2. The monoisotopic (exact) mass is 316 g/mol. The maximum atomic E-state index is 12.0. The zero-order valence-electron chi connectivity index (χ0n) is 11.8. The third kappa shape index (κ3) is 3.52. The standard InChI is InChI=1S/C12H17ClN4O4/c1-20-9-5-14-3-7(9)16-8-4-15-17(6-10(18)21-2)12(19)11(8)13/h4,7,9,14,16H,3,5-6H2,1-2H3/t7?,9-/m0/s1. The minimum Gasteiger partial charge on any atom is -0.468 e. The molecule has 1 aliphatic rings. The second-order valence-corrected chi connectivity index (χ2v) is 4.97. The highest BCUT2D eigenvalue weighted by molar-refractivity contribution is 6.32. The van der Waals surface area contributed by atoms with Crippen molar-refractivity contribution in [1.29, 1.82) is 0 Å². The minimum absolute atomic E-state index is 0.00911. The first kappa shape index (κ1) is 15.7. The third-order valence-corrected chi connectivity index (χ3v) is 3.66. The number of halogens is 1. The van der Waals surface area contributed by atoms with Gasteiger partial charge in [-0.2, -0.15) is 5.10 Å². The number of methoxy groups -OCH3 is 2. The van der Waals surface area contributed by atoms with Crippen molar-refractivity contribution in [2.45, 2.75) is 18.7 Å². The molecule has 0 radical (unpaired) electrons. The van der Waals surface area contributed by atoms with E-state index in [1.54, 1.807) is 7.11 Å². The quantitative estimate of drug-likeness (QED) is 0.705. The molecule has 2 rings (SSSR count). The normalized spacial score (nSPS) is 21.3. The molecule has 9 heteroatoms. The number of rotatable bonds is 5. The lowest BCUT2D eigenvalue weighted by Crippen LogP contribution is -2.35. The van der Waals surface area contributed by atoms with Crippen LogP contribution in [0.4, 0.5) is 5.69 Å². The average Bonchev–Trinajstić information content (AvgIpc) is 2.94. The molecule has 1 aromatic rings. The molecule has 1 aromatic heterocycles. The third-order valence-electron chi connectivity index (χ3n) is 3.29. The smallest absolute Gasteiger partial charge is 0.327 e. The van der Waals surface area contributed by atoms with Crippen LogP contribution in [0, 0.1) is 0 Å². The molecule has 1 unspecified atom stereocenters. The maximum Gasteiger partial charge on any atom is 0.327 e. The molecule has 1 aliphatic heterocycles. The van der Waals surface area contributed by atoms with Crippen molar-refractivity contribution in [1.82, 2.24) is 15.1 Å². The predicted octanol–water partition coefficient (Wildman–Crippen LogP) is -0.532. The van der Waals surface area contributed by atoms with Crippen molar-refractivity contribution in [3.8, 4) is 0 Å². The van der Waals surface area contributed by atoms with Gasteiger partial charge < -0.3 is 20.1 Å². The van der Waals surface area contributed by atoms with Crippen LogP contribution in [0.25, 0.3) is 0 Å². The Labute approximate surface area is 126 Å². The molecule has 0 spiro atoms. The molecule has 0 amide bonds. The largest absolute Gasteiger partial charge is 0.468 e. The number of hydrogen-bond donors (Lipinski definition) is 2. The van der Waals surface area contributed by atoms with Gasteiger partial charge in [0.25, 0.3) is 5.56 Å². The molecule has 2 N–H and O–H groups in total. The first-order chi connectivity index (χ1) is 10.1. The summed E-state index contributed by atoms with van der Waals surface area (Å²) < 4.78 is 10.8. The number of ether oxygens (including phenoxy) is 2. The Hall–Kier alpha value is -1.64. The van der Waals surface area contributed by atoms with Crippen molar-refractivity contribution in [2.24, 2.45) is 0 Å². The summed E-state index contributed by atoms with van der Waals surface area (Å²) in [5.74, 6) is -0.569. The highest BCUT2D eigenvalue weighted by Gasteiger charge is 2.27. The lowest BCUT2D eigenvalue weighted by molar-refractivity contribution is -0.141. The summed E-state index contributed by atoms with van der Waals surface area (Å²) in [7, 11) is 2.86. The van der Waals surface area contributed by atoms with Gasteiger partial charge in [0.05, 0.1) is 31.1 Å². The molecule has 2 heterocycles. The van der Waals surface area contributed by atoms with E-state index in [2.05, 4.69) is 20.5 Å². The van der Waals surface area contributed by atoms with Crippen LogP contribution in [0.2, 0.25) is 5.02 Å². The lowest BCUT2D eigenvalue weighted by atomic mass is 10.2. The molecule has 0 aliphatic carbocycles. The summed E-state index contributed by atoms with van der Waals surface area (Å²) in [5, 5.41) is 10.2. The molecule has 116 valence electrons. The lowest BCUT2D eigenvalue weighted by Gasteiger charge is -2.20. The Bertz CT molecular complexity index is 577. The van der Waals surface area contributed by atoms with Crippen molar-refractivity contribution in [3.63, 3.8) is 0 Å². The summed E-state index contributed by atoms with van der Waals surface area (Å²) in [4.78, 5) is 23.2. The van der Waals surface area contributed by atoms with Crippen molar-refractivity contribution in [3.05, 3.63) is 21.6 Å². The second-order valence-electron chi connectivity index (χ2n) is 4.59. The van der Waals surface area contributed by atoms with Crippen LogP contribution in [0.15, 0.2) is 11.0 Å². The minimum atomic E-state index is -0.569. The summed E-state index contributed by atoms with van der Waals surface area (Å²) in [5.41, 5.74) is -0.134. The molecule has 0 aromatic carbocycles. The summed E-state index contributed by atoms with van der Waals surface area (Å²) in [6, 6.07) is -0.00911. The van der Waals surface area contributed by atoms with Crippen molar-refractivity contribution >= 4 is 23.3 Å². The molecule has 1 saturated heterocycles. The van der Waals surface area contributed by atoms with Gasteiger partial charge in [0.15, 0.2) is 0 Å². The first-order valence-corrected chi connectivity index (χ1v) is 6.77. The van der Waals surface area contributed by atoms with Crippen LogP contribution < -0.4 is 16.2 Å². The summed E-state index contributed by atoms with van der Waals surface area (Å²) in [6.07, 6.45) is 1.40. The summed E-state index contributed by atoms with van der Waals surface area (Å²) >= 11 is 6.05. The van der Waals surface area contributed by atoms with Crippen LogP contribution in [0.1, 0.15) is 0 Å². The average molecular weight is 317 g/mol. The predicted molar refractivity (Wildman–Crippen MR) is 76.6 cm³/mol. The van der Waals surface area contributed by atoms with E-state index in [4.69, 9.17) is 16.3 Å². The van der Waals surface area contributed by atoms with E-state index in [1.165, 1.54) is 13.3 Å². The number of anilines is 1. The van der Waals surface area contributed by atoms with E-state index in [9.17, 15) is 9.59 Å². The van der Waals surface area contributed by atoms with Gasteiger partial charge >= 0.3 is 5.97 Å². The van der Waals surface area contributed by atoms with E-state index in [0.29, 0.717) is 12.2 Å². The number of aromatic nitrogens is 2. The molecule has 0 saturated carbocycles. The maximum absolute atomic E-state index is 12.0. The number of esters is 1. The summed E-state index contributed by atoms with van der Waals surface area (Å²) in [6.45, 7) is 1.14. The van der Waals surface area contributed by atoms with Crippen LogP contribution >= 0.6 is 11.6 Å². The van der Waals surface area contributed by atoms with Gasteiger partial charge in [0, 0.05) is 20.2 Å². The van der Waals surface area contributed by atoms with Crippen LogP contribution in [0.3, 0.4) is 0 Å². The molecule has 8 nitrogen and oxygen atoms in total. The van der Waals surface area contributed by atoms with E-state index in [1.807, 2.05) is 0 Å². The van der Waals surface area contributed by atoms with Gasteiger partial charge in [-0.15, -0.1) is 0 Å². The first-order valence-electron chi connectivity index (χ1n) is 6.39. The van der Waals surface area contributed by atoms with Gasteiger partial charge in [0.2, 0.25) is 0 Å². The number of hydrogen-bond acceptors (Lipinski definition) is 7. The topological polar surface area (TPSA) is 94.5 Å². The van der Waals surface area contributed by atoms with E-state index < -0.39 is 11.5 Å². The van der Waals surface area contributed by atoms with Crippen LogP contribution in [-0.2, 0) is 20.8 Å². The Morgan fingerprint density at radius 1 is 1.57 bits per heavy atom. The van der Waals surface area contributed by atoms with Gasteiger partial charge in [-0.1, -0.05) is 11.6 Å². The Morgan fingerprint density at radius 2 is 2.33 bits per heavy atom. The number of nitrogens with zero attached hydrogens (tertiary/aromatic N) is 2. The van der Waals surface area contributed by atoms with Gasteiger partial charge in [-0.25, -0.2) is 4.68 Å². The molecule has 1 fully saturated rings. The molecule has 2 atom stereocenters. The number of carbonyl (C=O) groups excluding carboxylic acids is 1. The van der Waals surface area contributed by atoms with Crippen molar-refractivity contribution in [2.75, 3.05) is 32.6 Å². The molecular formula is C12H17ClN4O4. The van der Waals surface area contributed by atoms with E-state index in [0.717, 1.165) is 11.2 Å². The van der Waals surface area contributed by atoms with Crippen LogP contribution in [-0.4, -0.2) is 55.2 Å². The van der Waals surface area contributed by atoms with Gasteiger partial charge in [-0.3, -0.25) is 9.59 Å². The van der Waals surface area contributed by atoms with Gasteiger partial charge in [0.1, 0.15) is 11.6 Å². The highest BCUT2D eigenvalue weighted by Crippen LogP contribution is 2.19. The zero-order valence-corrected chi connectivity index (χ0v) is 12.5. The fraction of sp³-hybridized carbons (Fsp3) is 0.583. The Balaban J connectivity index is 2.17.